The molecule has 0 spiro atoms. The topological polar surface area (TPSA) is 47.0 Å². The van der Waals surface area contributed by atoms with Gasteiger partial charge in [-0.2, -0.15) is 4.98 Å². The Morgan fingerprint density at radius 1 is 1.42 bits per heavy atom. The molecule has 0 radical (unpaired) electrons. The number of hydrogen-bond acceptors (Lipinski definition) is 4. The van der Waals surface area contributed by atoms with Crippen molar-refractivity contribution >= 4 is 5.82 Å². The summed E-state index contributed by atoms with van der Waals surface area (Å²) in [6.45, 7) is 8.54. The number of ether oxygens (including phenoxy) is 1. The Balaban J connectivity index is 2.37. The summed E-state index contributed by atoms with van der Waals surface area (Å²) in [6.07, 6.45) is 7.80. The molecule has 2 rings (SSSR count). The minimum absolute atomic E-state index is 0.481. The normalized spacial score (nSPS) is 14.9. The van der Waals surface area contributed by atoms with E-state index < -0.39 is 5.60 Å². The average molecular weight is 259 g/mol. The summed E-state index contributed by atoms with van der Waals surface area (Å²) in [5, 5.41) is 3.26. The Labute approximate surface area is 115 Å². The van der Waals surface area contributed by atoms with Crippen molar-refractivity contribution in [3.8, 4) is 18.2 Å². The summed E-state index contributed by atoms with van der Waals surface area (Å²) >= 11 is 0. The van der Waals surface area contributed by atoms with Crippen molar-refractivity contribution in [2.24, 2.45) is 0 Å². The zero-order valence-electron chi connectivity index (χ0n) is 12.1. The smallest absolute Gasteiger partial charge is 0.223 e. The van der Waals surface area contributed by atoms with Crippen LogP contribution in [-0.4, -0.2) is 22.1 Å². The molecular weight excluding hydrogens is 238 g/mol. The summed E-state index contributed by atoms with van der Waals surface area (Å²) in [5.41, 5.74) is 0.248. The first kappa shape index (κ1) is 13.7. The number of aromatic nitrogens is 2. The van der Waals surface area contributed by atoms with Crippen LogP contribution in [0.4, 0.5) is 5.82 Å². The lowest BCUT2D eigenvalue weighted by Gasteiger charge is -2.22. The molecule has 4 heteroatoms. The minimum Gasteiger partial charge on any atom is -0.458 e. The maximum absolute atomic E-state index is 5.86. The summed E-state index contributed by atoms with van der Waals surface area (Å²) in [6, 6.07) is 0. The van der Waals surface area contributed by atoms with Gasteiger partial charge in [0.25, 0.3) is 0 Å². The fraction of sp³-hybridized carbons (Fsp3) is 0.600. The van der Waals surface area contributed by atoms with Crippen LogP contribution in [0, 0.1) is 19.3 Å². The molecule has 4 nitrogen and oxygen atoms in total. The highest BCUT2D eigenvalue weighted by Crippen LogP contribution is 2.40. The second-order valence-corrected chi connectivity index (χ2v) is 5.42. The maximum Gasteiger partial charge on any atom is 0.223 e. The van der Waals surface area contributed by atoms with Gasteiger partial charge in [-0.15, -0.1) is 6.42 Å². The van der Waals surface area contributed by atoms with Gasteiger partial charge >= 0.3 is 0 Å². The third kappa shape index (κ3) is 3.17. The predicted octanol–water partition coefficient (Wildman–Crippen LogP) is 2.88. The van der Waals surface area contributed by atoms with Crippen molar-refractivity contribution < 1.29 is 4.74 Å². The molecule has 1 aromatic heterocycles. The number of nitrogens with zero attached hydrogens (tertiary/aromatic N) is 2. The number of hydrogen-bond donors (Lipinski definition) is 1. The Kier molecular flexibility index (Phi) is 3.66. The fourth-order valence-electron chi connectivity index (χ4n) is 1.75. The standard InChI is InChI=1S/C15H21N3O/c1-6-15(4,5)19-14-10(3)12(16-7-2)17-13(18-14)11-8-9-11/h1,11H,7-9H2,2-5H3,(H,16,17,18). The van der Waals surface area contributed by atoms with Gasteiger partial charge in [0.15, 0.2) is 5.60 Å². The van der Waals surface area contributed by atoms with Crippen molar-refractivity contribution in [2.45, 2.75) is 52.1 Å². The van der Waals surface area contributed by atoms with Crippen LogP contribution < -0.4 is 10.1 Å². The zero-order valence-corrected chi connectivity index (χ0v) is 12.1. The molecule has 0 atom stereocenters. The molecular formula is C15H21N3O. The largest absolute Gasteiger partial charge is 0.458 e. The molecule has 1 fully saturated rings. The van der Waals surface area contributed by atoms with E-state index in [1.807, 2.05) is 27.7 Å². The first-order valence-electron chi connectivity index (χ1n) is 6.76. The van der Waals surface area contributed by atoms with Crippen LogP contribution in [0.1, 0.15) is 50.9 Å². The number of rotatable bonds is 5. The van der Waals surface area contributed by atoms with Gasteiger partial charge in [-0.05, 0) is 40.5 Å². The SMILES string of the molecule is C#CC(C)(C)Oc1nc(C2CC2)nc(NCC)c1C. The van der Waals surface area contributed by atoms with Crippen molar-refractivity contribution in [1.29, 1.82) is 0 Å². The first-order chi connectivity index (χ1) is 8.96. The minimum atomic E-state index is -0.663. The van der Waals surface area contributed by atoms with E-state index in [0.29, 0.717) is 11.8 Å². The van der Waals surface area contributed by atoms with E-state index in [2.05, 4.69) is 21.2 Å². The van der Waals surface area contributed by atoms with Crippen molar-refractivity contribution in [3.63, 3.8) is 0 Å². The molecule has 1 aromatic rings. The van der Waals surface area contributed by atoms with Crippen LogP contribution in [0.2, 0.25) is 0 Å². The van der Waals surface area contributed by atoms with Gasteiger partial charge < -0.3 is 10.1 Å². The lowest BCUT2D eigenvalue weighted by atomic mass is 10.1. The second-order valence-electron chi connectivity index (χ2n) is 5.42. The molecule has 1 aliphatic carbocycles. The van der Waals surface area contributed by atoms with E-state index >= 15 is 0 Å². The van der Waals surface area contributed by atoms with Gasteiger partial charge in [-0.3, -0.25) is 0 Å². The van der Waals surface area contributed by atoms with E-state index in [9.17, 15) is 0 Å². The number of anilines is 1. The first-order valence-corrected chi connectivity index (χ1v) is 6.76. The van der Waals surface area contributed by atoms with Gasteiger partial charge in [0.2, 0.25) is 5.88 Å². The predicted molar refractivity (Wildman–Crippen MR) is 76.4 cm³/mol. The Morgan fingerprint density at radius 2 is 2.11 bits per heavy atom. The van der Waals surface area contributed by atoms with Gasteiger partial charge in [0, 0.05) is 12.5 Å². The van der Waals surface area contributed by atoms with E-state index in [0.717, 1.165) is 36.6 Å². The van der Waals surface area contributed by atoms with E-state index in [4.69, 9.17) is 11.2 Å². The molecule has 19 heavy (non-hydrogen) atoms. The van der Waals surface area contributed by atoms with Crippen LogP contribution >= 0.6 is 0 Å². The van der Waals surface area contributed by atoms with Crippen LogP contribution in [-0.2, 0) is 0 Å². The van der Waals surface area contributed by atoms with Gasteiger partial charge in [0.1, 0.15) is 11.6 Å². The second kappa shape index (κ2) is 5.08. The Morgan fingerprint density at radius 3 is 2.63 bits per heavy atom. The lowest BCUT2D eigenvalue weighted by molar-refractivity contribution is 0.162. The summed E-state index contributed by atoms with van der Waals surface area (Å²) in [5.74, 6) is 5.42. The summed E-state index contributed by atoms with van der Waals surface area (Å²) in [7, 11) is 0. The highest BCUT2D eigenvalue weighted by Gasteiger charge is 2.29. The molecule has 1 aliphatic rings. The fourth-order valence-corrected chi connectivity index (χ4v) is 1.75. The van der Waals surface area contributed by atoms with Gasteiger partial charge in [-0.25, -0.2) is 4.98 Å². The number of terminal acetylenes is 1. The van der Waals surface area contributed by atoms with Crippen LogP contribution in [0.25, 0.3) is 0 Å². The molecule has 1 heterocycles. The monoisotopic (exact) mass is 259 g/mol. The quantitative estimate of drug-likeness (QED) is 0.826. The average Bonchev–Trinajstić information content (AvgIpc) is 3.18. The summed E-state index contributed by atoms with van der Waals surface area (Å²) < 4.78 is 5.86. The third-order valence-electron chi connectivity index (χ3n) is 3.10. The Hall–Kier alpha value is -1.76. The lowest BCUT2D eigenvalue weighted by Crippen LogP contribution is -2.27. The molecule has 1 saturated carbocycles. The van der Waals surface area contributed by atoms with Gasteiger partial charge in [0.05, 0.1) is 5.56 Å². The van der Waals surface area contributed by atoms with Crippen LogP contribution in [0.5, 0.6) is 5.88 Å². The number of nitrogens with one attached hydrogen (secondary N) is 1. The third-order valence-corrected chi connectivity index (χ3v) is 3.10. The molecule has 0 unspecified atom stereocenters. The molecule has 0 amide bonds. The summed E-state index contributed by atoms with van der Waals surface area (Å²) in [4.78, 5) is 9.13. The maximum atomic E-state index is 5.86. The molecule has 0 aromatic carbocycles. The van der Waals surface area contributed by atoms with E-state index in [1.165, 1.54) is 0 Å². The van der Waals surface area contributed by atoms with Crippen LogP contribution in [0.3, 0.4) is 0 Å². The van der Waals surface area contributed by atoms with Gasteiger partial charge in [-0.1, -0.05) is 5.92 Å². The van der Waals surface area contributed by atoms with Crippen molar-refractivity contribution in [1.82, 2.24) is 9.97 Å². The highest BCUT2D eigenvalue weighted by molar-refractivity contribution is 5.49. The van der Waals surface area contributed by atoms with Crippen molar-refractivity contribution in [3.05, 3.63) is 11.4 Å². The van der Waals surface area contributed by atoms with E-state index in [-0.39, 0.29) is 0 Å². The Bertz CT molecular complexity index is 513. The van der Waals surface area contributed by atoms with E-state index in [1.54, 1.807) is 0 Å². The van der Waals surface area contributed by atoms with Crippen LogP contribution in [0.15, 0.2) is 0 Å². The molecule has 102 valence electrons. The zero-order chi connectivity index (χ0) is 14.0. The molecule has 0 saturated heterocycles. The molecule has 0 aliphatic heterocycles. The highest BCUT2D eigenvalue weighted by atomic mass is 16.5. The van der Waals surface area contributed by atoms with Crippen molar-refractivity contribution in [2.75, 3.05) is 11.9 Å². The molecule has 1 N–H and O–H groups in total. The molecule has 0 bridgehead atoms.